The molecule has 0 saturated heterocycles. The van der Waals surface area contributed by atoms with Crippen molar-refractivity contribution in [2.75, 3.05) is 14.2 Å². The third-order valence-corrected chi connectivity index (χ3v) is 3.56. The van der Waals surface area contributed by atoms with E-state index >= 15 is 0 Å². The Morgan fingerprint density at radius 3 is 2.48 bits per heavy atom. The second-order valence-electron chi connectivity index (χ2n) is 5.21. The monoisotopic (exact) mass is 317 g/mol. The van der Waals surface area contributed by atoms with Crippen molar-refractivity contribution in [1.29, 1.82) is 0 Å². The van der Waals surface area contributed by atoms with Crippen molar-refractivity contribution in [3.05, 3.63) is 65.0 Å². The number of amides is 1. The Morgan fingerprint density at radius 2 is 1.87 bits per heavy atom. The lowest BCUT2D eigenvalue weighted by molar-refractivity contribution is 0.0939. The number of carbonyl (C=O) groups is 1. The van der Waals surface area contributed by atoms with Crippen molar-refractivity contribution in [2.24, 2.45) is 0 Å². The van der Waals surface area contributed by atoms with Crippen molar-refractivity contribution >= 4 is 5.91 Å². The van der Waals surface area contributed by atoms with Crippen LogP contribution in [0.4, 0.5) is 4.39 Å². The largest absolute Gasteiger partial charge is 0.496 e. The maximum atomic E-state index is 13.0. The summed E-state index contributed by atoms with van der Waals surface area (Å²) in [7, 11) is 3.16. The molecule has 0 saturated carbocycles. The highest BCUT2D eigenvalue weighted by Crippen LogP contribution is 2.21. The zero-order valence-electron chi connectivity index (χ0n) is 13.4. The molecule has 2 aromatic carbocycles. The van der Waals surface area contributed by atoms with Crippen LogP contribution in [0.15, 0.2) is 42.5 Å². The molecular formula is C18H20FNO3. The molecular weight excluding hydrogens is 297 g/mol. The first-order valence-electron chi connectivity index (χ1n) is 7.27. The van der Waals surface area contributed by atoms with Gasteiger partial charge in [-0.3, -0.25) is 4.79 Å². The third kappa shape index (κ3) is 4.29. The zero-order valence-corrected chi connectivity index (χ0v) is 13.4. The molecule has 0 spiro atoms. The van der Waals surface area contributed by atoms with Gasteiger partial charge < -0.3 is 14.8 Å². The van der Waals surface area contributed by atoms with E-state index in [1.165, 1.54) is 12.1 Å². The zero-order chi connectivity index (χ0) is 16.8. The first-order valence-corrected chi connectivity index (χ1v) is 7.27. The summed E-state index contributed by atoms with van der Waals surface area (Å²) in [6, 6.07) is 11.0. The SMILES string of the molecule is COCc1cc(C(=O)NC(C)c2ccc(F)cc2)ccc1OC. The minimum Gasteiger partial charge on any atom is -0.496 e. The average Bonchev–Trinajstić information content (AvgIpc) is 2.55. The van der Waals surface area contributed by atoms with Crippen molar-refractivity contribution in [2.45, 2.75) is 19.6 Å². The van der Waals surface area contributed by atoms with Gasteiger partial charge in [0, 0.05) is 18.2 Å². The van der Waals surface area contributed by atoms with E-state index in [9.17, 15) is 9.18 Å². The van der Waals surface area contributed by atoms with Gasteiger partial charge in [-0.05, 0) is 42.8 Å². The molecule has 122 valence electrons. The molecule has 0 aliphatic heterocycles. The minimum atomic E-state index is -0.299. The summed E-state index contributed by atoms with van der Waals surface area (Å²) in [6.07, 6.45) is 0. The molecule has 2 rings (SSSR count). The van der Waals surface area contributed by atoms with Crippen LogP contribution in [-0.2, 0) is 11.3 Å². The molecule has 2 aromatic rings. The van der Waals surface area contributed by atoms with Gasteiger partial charge in [0.1, 0.15) is 11.6 Å². The fourth-order valence-corrected chi connectivity index (χ4v) is 2.30. The average molecular weight is 317 g/mol. The topological polar surface area (TPSA) is 47.6 Å². The minimum absolute atomic E-state index is 0.207. The van der Waals surface area contributed by atoms with Gasteiger partial charge in [-0.15, -0.1) is 0 Å². The van der Waals surface area contributed by atoms with Crippen LogP contribution in [0.2, 0.25) is 0 Å². The summed E-state index contributed by atoms with van der Waals surface area (Å²) in [5.74, 6) is 0.170. The number of hydrogen-bond donors (Lipinski definition) is 1. The second kappa shape index (κ2) is 7.74. The number of halogens is 1. The molecule has 1 amide bonds. The highest BCUT2D eigenvalue weighted by molar-refractivity contribution is 5.94. The maximum Gasteiger partial charge on any atom is 0.251 e. The second-order valence-corrected chi connectivity index (χ2v) is 5.21. The fraction of sp³-hybridized carbons (Fsp3) is 0.278. The van der Waals surface area contributed by atoms with E-state index < -0.39 is 0 Å². The predicted octanol–water partition coefficient (Wildman–Crippen LogP) is 3.47. The van der Waals surface area contributed by atoms with E-state index in [0.29, 0.717) is 17.9 Å². The van der Waals surface area contributed by atoms with Crippen LogP contribution in [-0.4, -0.2) is 20.1 Å². The number of carbonyl (C=O) groups excluding carboxylic acids is 1. The molecule has 4 nitrogen and oxygen atoms in total. The van der Waals surface area contributed by atoms with Gasteiger partial charge in [-0.25, -0.2) is 4.39 Å². The van der Waals surface area contributed by atoms with E-state index in [0.717, 1.165) is 11.1 Å². The molecule has 1 unspecified atom stereocenters. The Morgan fingerprint density at radius 1 is 1.17 bits per heavy atom. The van der Waals surface area contributed by atoms with Gasteiger partial charge in [-0.1, -0.05) is 12.1 Å². The third-order valence-electron chi connectivity index (χ3n) is 3.56. The van der Waals surface area contributed by atoms with Crippen LogP contribution < -0.4 is 10.1 Å². The van der Waals surface area contributed by atoms with E-state index in [4.69, 9.17) is 9.47 Å². The highest BCUT2D eigenvalue weighted by atomic mass is 19.1. The van der Waals surface area contributed by atoms with Crippen LogP contribution in [0.3, 0.4) is 0 Å². The molecule has 23 heavy (non-hydrogen) atoms. The molecule has 5 heteroatoms. The lowest BCUT2D eigenvalue weighted by atomic mass is 10.1. The van der Waals surface area contributed by atoms with Crippen LogP contribution >= 0.6 is 0 Å². The highest BCUT2D eigenvalue weighted by Gasteiger charge is 2.14. The van der Waals surface area contributed by atoms with Crippen LogP contribution in [0.5, 0.6) is 5.75 Å². The Labute approximate surface area is 135 Å². The smallest absolute Gasteiger partial charge is 0.251 e. The Hall–Kier alpha value is -2.40. The molecule has 1 N–H and O–H groups in total. The molecule has 0 aliphatic carbocycles. The Kier molecular flexibility index (Phi) is 5.71. The normalized spacial score (nSPS) is 11.8. The molecule has 0 heterocycles. The number of rotatable bonds is 6. The molecule has 0 bridgehead atoms. The van der Waals surface area contributed by atoms with E-state index in [2.05, 4.69) is 5.32 Å². The summed E-state index contributed by atoms with van der Waals surface area (Å²) in [6.45, 7) is 2.21. The molecule has 0 fully saturated rings. The number of hydrogen-bond acceptors (Lipinski definition) is 3. The van der Waals surface area contributed by atoms with Crippen molar-refractivity contribution in [3.8, 4) is 5.75 Å². The Balaban J connectivity index is 2.13. The standard InChI is InChI=1S/C18H20FNO3/c1-12(13-4-7-16(19)8-5-13)20-18(21)14-6-9-17(23-3)15(10-14)11-22-2/h4-10,12H,11H2,1-3H3,(H,20,21). The summed E-state index contributed by atoms with van der Waals surface area (Å²) in [5, 5.41) is 2.90. The first-order chi connectivity index (χ1) is 11.0. The number of benzene rings is 2. The van der Waals surface area contributed by atoms with Gasteiger partial charge >= 0.3 is 0 Å². The molecule has 0 aliphatic rings. The summed E-state index contributed by atoms with van der Waals surface area (Å²) in [5.41, 5.74) is 2.16. The van der Waals surface area contributed by atoms with Crippen LogP contribution in [0, 0.1) is 5.82 Å². The fourth-order valence-electron chi connectivity index (χ4n) is 2.30. The summed E-state index contributed by atoms with van der Waals surface area (Å²) in [4.78, 5) is 12.4. The quantitative estimate of drug-likeness (QED) is 0.887. The lowest BCUT2D eigenvalue weighted by Gasteiger charge is -2.15. The van der Waals surface area contributed by atoms with E-state index in [1.807, 2.05) is 6.92 Å². The van der Waals surface area contributed by atoms with Crippen molar-refractivity contribution in [1.82, 2.24) is 5.32 Å². The molecule has 0 radical (unpaired) electrons. The van der Waals surface area contributed by atoms with Crippen molar-refractivity contribution in [3.63, 3.8) is 0 Å². The maximum absolute atomic E-state index is 13.0. The molecule has 0 aromatic heterocycles. The van der Waals surface area contributed by atoms with E-state index in [-0.39, 0.29) is 17.8 Å². The predicted molar refractivity (Wildman–Crippen MR) is 86.0 cm³/mol. The summed E-state index contributed by atoms with van der Waals surface area (Å²) < 4.78 is 23.3. The van der Waals surface area contributed by atoms with E-state index in [1.54, 1.807) is 44.6 Å². The number of ether oxygens (including phenoxy) is 2. The molecule has 1 atom stereocenters. The first kappa shape index (κ1) is 17.0. The van der Waals surface area contributed by atoms with Gasteiger partial charge in [0.15, 0.2) is 0 Å². The van der Waals surface area contributed by atoms with Gasteiger partial charge in [0.2, 0.25) is 0 Å². The number of methoxy groups -OCH3 is 2. The van der Waals surface area contributed by atoms with Gasteiger partial charge in [-0.2, -0.15) is 0 Å². The van der Waals surface area contributed by atoms with Gasteiger partial charge in [0.25, 0.3) is 5.91 Å². The van der Waals surface area contributed by atoms with Gasteiger partial charge in [0.05, 0.1) is 19.8 Å². The lowest BCUT2D eigenvalue weighted by Crippen LogP contribution is -2.26. The summed E-state index contributed by atoms with van der Waals surface area (Å²) >= 11 is 0. The van der Waals surface area contributed by atoms with Crippen LogP contribution in [0.25, 0.3) is 0 Å². The van der Waals surface area contributed by atoms with Crippen LogP contribution in [0.1, 0.15) is 34.5 Å². The number of nitrogens with one attached hydrogen (secondary N) is 1. The van der Waals surface area contributed by atoms with Crippen molar-refractivity contribution < 1.29 is 18.7 Å². The Bertz CT molecular complexity index is 670.